The topological polar surface area (TPSA) is 66.5 Å². The van der Waals surface area contributed by atoms with E-state index in [0.29, 0.717) is 24.8 Å². The molecule has 30 heavy (non-hydrogen) atoms. The number of halogens is 2. The average molecular weight is 457 g/mol. The van der Waals surface area contributed by atoms with E-state index in [9.17, 15) is 22.0 Å². The highest BCUT2D eigenvalue weighted by Crippen LogP contribution is 2.28. The van der Waals surface area contributed by atoms with Crippen LogP contribution in [0.1, 0.15) is 44.0 Å². The molecule has 9 heteroatoms. The number of carbonyl (C=O) groups excluding carboxylic acids is 1. The van der Waals surface area contributed by atoms with Gasteiger partial charge in [0.25, 0.3) is 0 Å². The van der Waals surface area contributed by atoms with Gasteiger partial charge in [-0.3, -0.25) is 4.79 Å². The van der Waals surface area contributed by atoms with Crippen LogP contribution < -0.4 is 5.32 Å². The fourth-order valence-corrected chi connectivity index (χ4v) is 5.91. The van der Waals surface area contributed by atoms with Crippen LogP contribution in [-0.4, -0.2) is 31.7 Å². The first-order chi connectivity index (χ1) is 14.2. The van der Waals surface area contributed by atoms with E-state index >= 15 is 0 Å². The molecule has 1 fully saturated rings. The summed E-state index contributed by atoms with van der Waals surface area (Å²) in [5.74, 6) is -2.23. The van der Waals surface area contributed by atoms with Gasteiger partial charge in [0.15, 0.2) is 11.6 Å². The van der Waals surface area contributed by atoms with E-state index < -0.39 is 21.7 Å². The van der Waals surface area contributed by atoms with E-state index in [1.165, 1.54) is 4.31 Å². The zero-order chi connectivity index (χ0) is 21.9. The molecule has 1 aromatic heterocycles. The predicted octanol–water partition coefficient (Wildman–Crippen LogP) is 4.33. The van der Waals surface area contributed by atoms with Crippen molar-refractivity contribution in [2.45, 2.75) is 44.0 Å². The van der Waals surface area contributed by atoms with Gasteiger partial charge in [-0.15, -0.1) is 11.3 Å². The minimum Gasteiger partial charge on any atom is -0.348 e. The normalized spacial score (nSPS) is 17.2. The standard InChI is InChI=1S/C21H26F2N2O3S2/c1-14(2)12-19(20-4-3-11-29-20)24-21(26)15-7-9-25(10-8-15)30(27,28)16-5-6-17(22)18(23)13-16/h3-6,11,13-15,19H,7-10,12H2,1-2H3,(H,24,26). The molecule has 1 aliphatic rings. The third-order valence-corrected chi connectivity index (χ3v) is 8.14. The van der Waals surface area contributed by atoms with Crippen LogP contribution in [-0.2, 0) is 14.8 Å². The smallest absolute Gasteiger partial charge is 0.243 e. The van der Waals surface area contributed by atoms with E-state index in [4.69, 9.17) is 0 Å². The lowest BCUT2D eigenvalue weighted by molar-refractivity contribution is -0.127. The summed E-state index contributed by atoms with van der Waals surface area (Å²) in [5.41, 5.74) is 0. The molecule has 0 radical (unpaired) electrons. The number of hydrogen-bond donors (Lipinski definition) is 1. The maximum Gasteiger partial charge on any atom is 0.243 e. The van der Waals surface area contributed by atoms with Crippen LogP contribution in [0.5, 0.6) is 0 Å². The zero-order valence-corrected chi connectivity index (χ0v) is 18.6. The van der Waals surface area contributed by atoms with Crippen LogP contribution in [0.15, 0.2) is 40.6 Å². The number of sulfonamides is 1. The second-order valence-electron chi connectivity index (χ2n) is 7.96. The fraction of sp³-hybridized carbons (Fsp3) is 0.476. The Bertz CT molecular complexity index is 970. The molecule has 1 aliphatic heterocycles. The van der Waals surface area contributed by atoms with Crippen LogP contribution in [0.4, 0.5) is 8.78 Å². The molecule has 1 amide bonds. The monoisotopic (exact) mass is 456 g/mol. The summed E-state index contributed by atoms with van der Waals surface area (Å²) in [7, 11) is -3.93. The van der Waals surface area contributed by atoms with Crippen molar-refractivity contribution in [3.63, 3.8) is 0 Å². The van der Waals surface area contributed by atoms with Gasteiger partial charge in [0.1, 0.15) is 0 Å². The Morgan fingerprint density at radius 3 is 2.47 bits per heavy atom. The Hall–Kier alpha value is -1.84. The number of nitrogens with one attached hydrogen (secondary N) is 1. The largest absolute Gasteiger partial charge is 0.348 e. The van der Waals surface area contributed by atoms with Crippen molar-refractivity contribution >= 4 is 27.3 Å². The molecule has 1 N–H and O–H groups in total. The number of thiophene rings is 1. The summed E-state index contributed by atoms with van der Waals surface area (Å²) in [6.07, 6.45) is 1.59. The average Bonchev–Trinajstić information content (AvgIpc) is 3.24. The minimum atomic E-state index is -3.93. The third kappa shape index (κ3) is 5.25. The number of rotatable bonds is 7. The molecular formula is C21H26F2N2O3S2. The molecule has 2 aromatic rings. The van der Waals surface area contributed by atoms with Gasteiger partial charge in [0.05, 0.1) is 10.9 Å². The van der Waals surface area contributed by atoms with Crippen LogP contribution in [0.2, 0.25) is 0 Å². The van der Waals surface area contributed by atoms with Crippen molar-refractivity contribution in [2.24, 2.45) is 11.8 Å². The second-order valence-corrected chi connectivity index (χ2v) is 10.9. The van der Waals surface area contributed by atoms with Gasteiger partial charge in [-0.1, -0.05) is 19.9 Å². The maximum absolute atomic E-state index is 13.5. The summed E-state index contributed by atoms with van der Waals surface area (Å²) in [6, 6.07) is 6.48. The molecule has 2 heterocycles. The Morgan fingerprint density at radius 2 is 1.90 bits per heavy atom. The molecule has 0 saturated carbocycles. The van der Waals surface area contributed by atoms with Crippen LogP contribution in [0, 0.1) is 23.5 Å². The Morgan fingerprint density at radius 1 is 1.20 bits per heavy atom. The molecule has 3 rings (SSSR count). The summed E-state index contributed by atoms with van der Waals surface area (Å²) in [5, 5.41) is 5.11. The first-order valence-corrected chi connectivity index (χ1v) is 12.3. The highest BCUT2D eigenvalue weighted by Gasteiger charge is 2.33. The highest BCUT2D eigenvalue weighted by atomic mass is 32.2. The van der Waals surface area contributed by atoms with Gasteiger partial charge in [0.2, 0.25) is 15.9 Å². The SMILES string of the molecule is CC(C)CC(NC(=O)C1CCN(S(=O)(=O)c2ccc(F)c(F)c2)CC1)c1cccs1. The van der Waals surface area contributed by atoms with Gasteiger partial charge in [-0.25, -0.2) is 17.2 Å². The van der Waals surface area contributed by atoms with Gasteiger partial charge in [0, 0.05) is 23.9 Å². The van der Waals surface area contributed by atoms with Crippen LogP contribution in [0.3, 0.4) is 0 Å². The van der Waals surface area contributed by atoms with Gasteiger partial charge in [-0.05, 0) is 54.8 Å². The predicted molar refractivity (Wildman–Crippen MR) is 112 cm³/mol. The molecule has 0 aliphatic carbocycles. The van der Waals surface area contributed by atoms with Gasteiger partial charge >= 0.3 is 0 Å². The van der Waals surface area contributed by atoms with Crippen LogP contribution in [0.25, 0.3) is 0 Å². The molecule has 1 saturated heterocycles. The fourth-order valence-electron chi connectivity index (χ4n) is 3.64. The van der Waals surface area contributed by atoms with Crippen molar-refractivity contribution < 1.29 is 22.0 Å². The lowest BCUT2D eigenvalue weighted by Crippen LogP contribution is -2.43. The van der Waals surface area contributed by atoms with Crippen molar-refractivity contribution in [1.82, 2.24) is 9.62 Å². The lowest BCUT2D eigenvalue weighted by Gasteiger charge is -2.31. The number of benzene rings is 1. The van der Waals surface area contributed by atoms with E-state index in [0.717, 1.165) is 23.4 Å². The summed E-state index contributed by atoms with van der Waals surface area (Å²) in [6.45, 7) is 4.53. The molecule has 0 spiro atoms. The van der Waals surface area contributed by atoms with Crippen molar-refractivity contribution in [3.05, 3.63) is 52.2 Å². The molecule has 1 atom stereocenters. The quantitative estimate of drug-likeness (QED) is 0.674. The first kappa shape index (κ1) is 22.8. The number of piperidine rings is 1. The van der Waals surface area contributed by atoms with Crippen molar-refractivity contribution in [2.75, 3.05) is 13.1 Å². The number of hydrogen-bond acceptors (Lipinski definition) is 4. The second kappa shape index (κ2) is 9.53. The summed E-state index contributed by atoms with van der Waals surface area (Å²) in [4.78, 5) is 13.7. The van der Waals surface area contributed by atoms with Crippen molar-refractivity contribution in [3.8, 4) is 0 Å². The Kier molecular flexibility index (Phi) is 7.26. The zero-order valence-electron chi connectivity index (χ0n) is 17.0. The summed E-state index contributed by atoms with van der Waals surface area (Å²) < 4.78 is 53.3. The van der Waals surface area contributed by atoms with Gasteiger partial charge in [-0.2, -0.15) is 4.31 Å². The molecule has 5 nitrogen and oxygen atoms in total. The van der Waals surface area contributed by atoms with E-state index in [1.54, 1.807) is 11.3 Å². The van der Waals surface area contributed by atoms with Crippen molar-refractivity contribution in [1.29, 1.82) is 0 Å². The number of carbonyl (C=O) groups is 1. The first-order valence-electron chi connectivity index (χ1n) is 9.97. The molecule has 1 aromatic carbocycles. The maximum atomic E-state index is 13.5. The Balaban J connectivity index is 1.62. The van der Waals surface area contributed by atoms with Crippen LogP contribution >= 0.6 is 11.3 Å². The van der Waals surface area contributed by atoms with E-state index in [-0.39, 0.29) is 35.9 Å². The lowest BCUT2D eigenvalue weighted by atomic mass is 9.95. The number of amides is 1. The molecular weight excluding hydrogens is 430 g/mol. The Labute approximate surface area is 180 Å². The van der Waals surface area contributed by atoms with E-state index in [2.05, 4.69) is 19.2 Å². The third-order valence-electron chi connectivity index (χ3n) is 5.26. The van der Waals surface area contributed by atoms with Gasteiger partial charge < -0.3 is 5.32 Å². The summed E-state index contributed by atoms with van der Waals surface area (Å²) >= 11 is 1.61. The molecule has 164 valence electrons. The van der Waals surface area contributed by atoms with E-state index in [1.807, 2.05) is 17.5 Å². The minimum absolute atomic E-state index is 0.0542. The molecule has 1 unspecified atom stereocenters. The number of nitrogens with zero attached hydrogens (tertiary/aromatic N) is 1. The highest BCUT2D eigenvalue weighted by molar-refractivity contribution is 7.89. The molecule has 0 bridgehead atoms.